The highest BCUT2D eigenvalue weighted by atomic mass is 79.9. The second-order valence-corrected chi connectivity index (χ2v) is 5.80. The quantitative estimate of drug-likeness (QED) is 0.750. The minimum Gasteiger partial charge on any atom is -0.444 e. The molecule has 0 spiro atoms. The van der Waals surface area contributed by atoms with Crippen LogP contribution in [0.15, 0.2) is 0 Å². The van der Waals surface area contributed by atoms with E-state index >= 15 is 0 Å². The van der Waals surface area contributed by atoms with Crippen LogP contribution in [-0.4, -0.2) is 41.0 Å². The second-order valence-electron chi connectivity index (χ2n) is 5.15. The van der Waals surface area contributed by atoms with Gasteiger partial charge in [-0.25, -0.2) is 4.79 Å². The molecule has 0 heterocycles. The molecule has 19 heavy (non-hydrogen) atoms. The monoisotopic (exact) mass is 349 g/mol. The summed E-state index contributed by atoms with van der Waals surface area (Å²) >= 11 is 2.78. The van der Waals surface area contributed by atoms with Crippen molar-refractivity contribution in [3.05, 3.63) is 0 Å². The fraction of sp³-hybridized carbons (Fsp3) is 0.909. The molecule has 0 unspecified atom stereocenters. The van der Waals surface area contributed by atoms with E-state index in [9.17, 15) is 18.0 Å². The van der Waals surface area contributed by atoms with Gasteiger partial charge in [-0.2, -0.15) is 13.2 Å². The molecule has 0 aromatic rings. The average molecular weight is 350 g/mol. The number of aliphatic hydroxyl groups is 1. The number of carbonyl (C=O) groups is 1. The zero-order valence-corrected chi connectivity index (χ0v) is 12.6. The van der Waals surface area contributed by atoms with Crippen LogP contribution in [-0.2, 0) is 4.74 Å². The van der Waals surface area contributed by atoms with Crippen LogP contribution in [0.25, 0.3) is 0 Å². The predicted molar refractivity (Wildman–Crippen MR) is 68.2 cm³/mol. The number of hydrogen-bond donors (Lipinski definition) is 2. The lowest BCUT2D eigenvalue weighted by Gasteiger charge is -2.25. The van der Waals surface area contributed by atoms with Gasteiger partial charge in [0, 0.05) is 5.33 Å². The minimum absolute atomic E-state index is 0.289. The van der Waals surface area contributed by atoms with Crippen LogP contribution in [0.5, 0.6) is 0 Å². The first-order chi connectivity index (χ1) is 8.49. The van der Waals surface area contributed by atoms with Gasteiger partial charge in [0.2, 0.25) is 0 Å². The van der Waals surface area contributed by atoms with Gasteiger partial charge >= 0.3 is 12.3 Å². The van der Waals surface area contributed by atoms with Crippen LogP contribution in [0.2, 0.25) is 0 Å². The molecule has 0 aliphatic rings. The molecule has 8 heteroatoms. The maximum absolute atomic E-state index is 12.6. The Bertz CT molecular complexity index is 292. The van der Waals surface area contributed by atoms with E-state index in [1.807, 2.05) is 0 Å². The lowest BCUT2D eigenvalue weighted by molar-refractivity contribution is -0.171. The molecule has 4 nitrogen and oxygen atoms in total. The molecule has 0 aliphatic heterocycles. The van der Waals surface area contributed by atoms with Crippen LogP contribution >= 0.6 is 15.9 Å². The van der Waals surface area contributed by atoms with Crippen molar-refractivity contribution < 1.29 is 27.8 Å². The van der Waals surface area contributed by atoms with Gasteiger partial charge in [0.1, 0.15) is 5.60 Å². The van der Waals surface area contributed by atoms with Crippen molar-refractivity contribution in [2.24, 2.45) is 5.92 Å². The summed E-state index contributed by atoms with van der Waals surface area (Å²) in [5.74, 6) is -1.64. The third kappa shape index (κ3) is 8.30. The lowest BCUT2D eigenvalue weighted by atomic mass is 10.0. The summed E-state index contributed by atoms with van der Waals surface area (Å²) in [6.07, 6.45) is -5.64. The van der Waals surface area contributed by atoms with E-state index in [-0.39, 0.29) is 5.33 Å². The molecule has 0 aromatic carbocycles. The van der Waals surface area contributed by atoms with Gasteiger partial charge in [-0.1, -0.05) is 15.9 Å². The summed E-state index contributed by atoms with van der Waals surface area (Å²) < 4.78 is 42.6. The Kier molecular flexibility index (Phi) is 7.13. The van der Waals surface area contributed by atoms with E-state index in [4.69, 9.17) is 9.84 Å². The maximum Gasteiger partial charge on any atom is 0.407 e. The van der Waals surface area contributed by atoms with Crippen molar-refractivity contribution in [2.75, 3.05) is 11.9 Å². The third-order valence-electron chi connectivity index (χ3n) is 2.16. The van der Waals surface area contributed by atoms with Crippen molar-refractivity contribution in [1.82, 2.24) is 5.32 Å². The molecule has 0 fully saturated rings. The SMILES string of the molecule is CC(C)(C)OC(=O)N[C@@H](CO)C[C@@H](CBr)C(F)(F)F. The van der Waals surface area contributed by atoms with E-state index in [2.05, 4.69) is 21.2 Å². The number of alkyl halides is 4. The van der Waals surface area contributed by atoms with Gasteiger partial charge in [-0.3, -0.25) is 0 Å². The van der Waals surface area contributed by atoms with E-state index < -0.39 is 42.9 Å². The Labute approximate surface area is 118 Å². The Balaban J connectivity index is 4.47. The molecule has 0 saturated carbocycles. The van der Waals surface area contributed by atoms with Crippen molar-refractivity contribution in [3.63, 3.8) is 0 Å². The lowest BCUT2D eigenvalue weighted by Crippen LogP contribution is -2.43. The van der Waals surface area contributed by atoms with Gasteiger partial charge in [0.25, 0.3) is 0 Å². The van der Waals surface area contributed by atoms with Crippen LogP contribution in [0.3, 0.4) is 0 Å². The summed E-state index contributed by atoms with van der Waals surface area (Å²) in [6.45, 7) is 4.32. The van der Waals surface area contributed by atoms with E-state index in [0.29, 0.717) is 0 Å². The fourth-order valence-corrected chi connectivity index (χ4v) is 1.91. The molecule has 0 bridgehead atoms. The molecule has 0 saturated heterocycles. The van der Waals surface area contributed by atoms with Gasteiger partial charge in [-0.05, 0) is 27.2 Å². The van der Waals surface area contributed by atoms with Crippen molar-refractivity contribution >= 4 is 22.0 Å². The smallest absolute Gasteiger partial charge is 0.407 e. The number of alkyl carbamates (subject to hydrolysis) is 1. The zero-order valence-electron chi connectivity index (χ0n) is 11.1. The highest BCUT2D eigenvalue weighted by molar-refractivity contribution is 9.09. The summed E-state index contributed by atoms with van der Waals surface area (Å²) in [5, 5.41) is 11.0. The number of rotatable bonds is 5. The van der Waals surface area contributed by atoms with E-state index in [1.54, 1.807) is 20.8 Å². The van der Waals surface area contributed by atoms with Crippen LogP contribution < -0.4 is 5.32 Å². The van der Waals surface area contributed by atoms with Crippen LogP contribution in [0.4, 0.5) is 18.0 Å². The highest BCUT2D eigenvalue weighted by Crippen LogP contribution is 2.31. The first kappa shape index (κ1) is 18.5. The number of carbonyl (C=O) groups excluding carboxylic acids is 1. The average Bonchev–Trinajstić information content (AvgIpc) is 2.19. The summed E-state index contributed by atoms with van der Waals surface area (Å²) in [7, 11) is 0. The molecule has 114 valence electrons. The molecular weight excluding hydrogens is 331 g/mol. The molecule has 2 atom stereocenters. The predicted octanol–water partition coefficient (Wildman–Crippen LogP) is 2.84. The summed E-state index contributed by atoms with van der Waals surface area (Å²) in [4.78, 5) is 11.4. The fourth-order valence-electron chi connectivity index (χ4n) is 1.28. The van der Waals surface area contributed by atoms with Gasteiger partial charge in [0.15, 0.2) is 0 Å². The number of amides is 1. The molecule has 0 aliphatic carbocycles. The third-order valence-corrected chi connectivity index (χ3v) is 2.94. The van der Waals surface area contributed by atoms with E-state index in [1.165, 1.54) is 0 Å². The normalized spacial score (nSPS) is 15.8. The Hall–Kier alpha value is -0.500. The maximum atomic E-state index is 12.6. The minimum atomic E-state index is -4.38. The number of ether oxygens (including phenoxy) is 1. The molecule has 2 N–H and O–H groups in total. The summed E-state index contributed by atoms with van der Waals surface area (Å²) in [5.41, 5.74) is -0.747. The van der Waals surface area contributed by atoms with Gasteiger partial charge in [-0.15, -0.1) is 0 Å². The molecule has 0 radical (unpaired) electrons. The Morgan fingerprint density at radius 2 is 1.89 bits per heavy atom. The first-order valence-corrected chi connectivity index (χ1v) is 6.84. The Morgan fingerprint density at radius 1 is 1.37 bits per heavy atom. The Morgan fingerprint density at radius 3 is 2.21 bits per heavy atom. The molecule has 1 amide bonds. The number of hydrogen-bond acceptors (Lipinski definition) is 3. The zero-order chi connectivity index (χ0) is 15.3. The molecule has 0 aromatic heterocycles. The van der Waals surface area contributed by atoms with Crippen molar-refractivity contribution in [3.8, 4) is 0 Å². The van der Waals surface area contributed by atoms with Gasteiger partial charge < -0.3 is 15.2 Å². The number of halogens is 4. The number of nitrogens with one attached hydrogen (secondary N) is 1. The standard InChI is InChI=1S/C11H19BrF3NO3/c1-10(2,3)19-9(18)16-8(6-17)4-7(5-12)11(13,14)15/h7-8,17H,4-6H2,1-3H3,(H,16,18)/t7-,8+/m0/s1. The van der Waals surface area contributed by atoms with Gasteiger partial charge in [0.05, 0.1) is 18.6 Å². The van der Waals surface area contributed by atoms with Crippen LogP contribution in [0.1, 0.15) is 27.2 Å². The van der Waals surface area contributed by atoms with Crippen LogP contribution in [0, 0.1) is 5.92 Å². The number of aliphatic hydroxyl groups excluding tert-OH is 1. The largest absolute Gasteiger partial charge is 0.444 e. The highest BCUT2D eigenvalue weighted by Gasteiger charge is 2.40. The topological polar surface area (TPSA) is 58.6 Å². The first-order valence-electron chi connectivity index (χ1n) is 5.72. The summed E-state index contributed by atoms with van der Waals surface area (Å²) in [6, 6.07) is -1.00. The van der Waals surface area contributed by atoms with E-state index in [0.717, 1.165) is 0 Å². The van der Waals surface area contributed by atoms with Crippen molar-refractivity contribution in [2.45, 2.75) is 45.0 Å². The van der Waals surface area contributed by atoms with Crippen molar-refractivity contribution in [1.29, 1.82) is 0 Å². The molecule has 0 rings (SSSR count). The second kappa shape index (κ2) is 7.33. The molecular formula is C11H19BrF3NO3.